The SMILES string of the molecule is COc1cc(N2CCN(C(=O)OC(C)(C)C)C(C)C2)nc(SC)n1. The lowest BCUT2D eigenvalue weighted by Gasteiger charge is -2.40. The number of carbonyl (C=O) groups excluding carboxylic acids is 1. The second kappa shape index (κ2) is 7.46. The van der Waals surface area contributed by atoms with E-state index in [1.54, 1.807) is 12.0 Å². The number of carbonyl (C=O) groups is 1. The standard InChI is InChI=1S/C16H26N4O3S/c1-11-10-19(7-8-20(11)15(21)23-16(2,3)4)12-9-13(22-5)18-14(17-12)24-6/h9,11H,7-8,10H2,1-6H3. The van der Waals surface area contributed by atoms with Crippen molar-refractivity contribution in [2.75, 3.05) is 37.9 Å². The van der Waals surface area contributed by atoms with Crippen LogP contribution in [0.3, 0.4) is 0 Å². The Kier molecular flexibility index (Phi) is 5.79. The van der Waals surface area contributed by atoms with Crippen LogP contribution in [-0.4, -0.2) is 65.6 Å². The van der Waals surface area contributed by atoms with Crippen LogP contribution < -0.4 is 9.64 Å². The van der Waals surface area contributed by atoms with Gasteiger partial charge >= 0.3 is 6.09 Å². The molecule has 1 saturated heterocycles. The van der Waals surface area contributed by atoms with E-state index < -0.39 is 5.60 Å². The van der Waals surface area contributed by atoms with E-state index in [1.165, 1.54) is 11.8 Å². The second-order valence-corrected chi connectivity index (χ2v) is 7.50. The van der Waals surface area contributed by atoms with Crippen molar-refractivity contribution in [2.24, 2.45) is 0 Å². The third-order valence-corrected chi connectivity index (χ3v) is 4.19. The van der Waals surface area contributed by atoms with Crippen LogP contribution >= 0.6 is 11.8 Å². The molecule has 0 aromatic carbocycles. The van der Waals surface area contributed by atoms with Gasteiger partial charge in [-0.3, -0.25) is 0 Å². The highest BCUT2D eigenvalue weighted by molar-refractivity contribution is 7.98. The van der Waals surface area contributed by atoms with E-state index in [-0.39, 0.29) is 12.1 Å². The van der Waals surface area contributed by atoms with Gasteiger partial charge in [-0.15, -0.1) is 0 Å². The molecule has 1 amide bonds. The Balaban J connectivity index is 2.09. The molecule has 0 N–H and O–H groups in total. The Bertz CT molecular complexity index is 569. The number of ether oxygens (including phenoxy) is 2. The summed E-state index contributed by atoms with van der Waals surface area (Å²) in [6, 6.07) is 1.86. The maximum Gasteiger partial charge on any atom is 0.410 e. The van der Waals surface area contributed by atoms with Gasteiger partial charge < -0.3 is 19.3 Å². The minimum atomic E-state index is -0.485. The predicted octanol–water partition coefficient (Wildman–Crippen LogP) is 2.65. The molecule has 2 heterocycles. The number of methoxy groups -OCH3 is 1. The van der Waals surface area contributed by atoms with Crippen molar-refractivity contribution >= 4 is 23.7 Å². The van der Waals surface area contributed by atoms with Crippen LogP contribution in [0, 0.1) is 0 Å². The number of piperazine rings is 1. The molecule has 0 saturated carbocycles. The van der Waals surface area contributed by atoms with E-state index in [1.807, 2.05) is 40.0 Å². The van der Waals surface area contributed by atoms with Gasteiger partial charge in [0.05, 0.1) is 7.11 Å². The predicted molar refractivity (Wildman–Crippen MR) is 95.0 cm³/mol. The summed E-state index contributed by atoms with van der Waals surface area (Å²) >= 11 is 1.48. The Labute approximate surface area is 147 Å². The molecule has 7 nitrogen and oxygen atoms in total. The molecule has 1 aliphatic rings. The maximum absolute atomic E-state index is 12.3. The quantitative estimate of drug-likeness (QED) is 0.610. The van der Waals surface area contributed by atoms with E-state index in [9.17, 15) is 4.79 Å². The van der Waals surface area contributed by atoms with Crippen LogP contribution in [0.1, 0.15) is 27.7 Å². The first kappa shape index (κ1) is 18.6. The first-order valence-electron chi connectivity index (χ1n) is 7.95. The molecule has 1 aromatic heterocycles. The van der Waals surface area contributed by atoms with E-state index >= 15 is 0 Å². The molecule has 1 fully saturated rings. The smallest absolute Gasteiger partial charge is 0.410 e. The van der Waals surface area contributed by atoms with E-state index in [4.69, 9.17) is 9.47 Å². The van der Waals surface area contributed by atoms with Crippen LogP contribution in [0.5, 0.6) is 5.88 Å². The van der Waals surface area contributed by atoms with Crippen LogP contribution in [0.15, 0.2) is 11.2 Å². The molecular formula is C16H26N4O3S. The molecule has 8 heteroatoms. The molecule has 1 aromatic rings. The van der Waals surface area contributed by atoms with Gasteiger partial charge in [0.15, 0.2) is 5.16 Å². The summed E-state index contributed by atoms with van der Waals surface area (Å²) in [5.74, 6) is 1.37. The Morgan fingerprint density at radius 3 is 2.58 bits per heavy atom. The molecule has 0 bridgehead atoms. The van der Waals surface area contributed by atoms with Gasteiger partial charge in [-0.25, -0.2) is 9.78 Å². The van der Waals surface area contributed by atoms with Crippen molar-refractivity contribution < 1.29 is 14.3 Å². The number of hydrogen-bond acceptors (Lipinski definition) is 7. The summed E-state index contributed by atoms with van der Waals surface area (Å²) < 4.78 is 10.7. The van der Waals surface area contributed by atoms with Gasteiger partial charge in [-0.2, -0.15) is 4.98 Å². The van der Waals surface area contributed by atoms with Crippen LogP contribution in [0.25, 0.3) is 0 Å². The lowest BCUT2D eigenvalue weighted by molar-refractivity contribution is 0.0158. The molecule has 1 unspecified atom stereocenters. The van der Waals surface area contributed by atoms with Crippen molar-refractivity contribution in [1.29, 1.82) is 0 Å². The number of anilines is 1. The summed E-state index contributed by atoms with van der Waals surface area (Å²) in [7, 11) is 1.60. The molecule has 1 atom stereocenters. The zero-order valence-electron chi connectivity index (χ0n) is 15.2. The second-order valence-electron chi connectivity index (χ2n) is 6.72. The summed E-state index contributed by atoms with van der Waals surface area (Å²) in [6.07, 6.45) is 1.67. The van der Waals surface area contributed by atoms with Crippen LogP contribution in [-0.2, 0) is 4.74 Å². The molecule has 24 heavy (non-hydrogen) atoms. The van der Waals surface area contributed by atoms with Crippen molar-refractivity contribution in [1.82, 2.24) is 14.9 Å². The van der Waals surface area contributed by atoms with Gasteiger partial charge in [-0.1, -0.05) is 11.8 Å². The first-order valence-corrected chi connectivity index (χ1v) is 9.17. The molecule has 0 radical (unpaired) electrons. The molecule has 2 rings (SSSR count). The average molecular weight is 354 g/mol. The Morgan fingerprint density at radius 2 is 2.04 bits per heavy atom. The fourth-order valence-corrected chi connectivity index (χ4v) is 2.87. The van der Waals surface area contributed by atoms with Crippen molar-refractivity contribution in [2.45, 2.75) is 44.5 Å². The van der Waals surface area contributed by atoms with Gasteiger partial charge in [0.25, 0.3) is 0 Å². The van der Waals surface area contributed by atoms with E-state index in [2.05, 4.69) is 14.9 Å². The minimum absolute atomic E-state index is 0.0345. The summed E-state index contributed by atoms with van der Waals surface area (Å²) in [5.41, 5.74) is -0.485. The lowest BCUT2D eigenvalue weighted by Crippen LogP contribution is -2.55. The first-order chi connectivity index (χ1) is 11.2. The number of hydrogen-bond donors (Lipinski definition) is 0. The molecule has 1 aliphatic heterocycles. The average Bonchev–Trinajstić information content (AvgIpc) is 2.52. The summed E-state index contributed by atoms with van der Waals surface area (Å²) in [6.45, 7) is 9.63. The Morgan fingerprint density at radius 1 is 1.33 bits per heavy atom. The number of amides is 1. The number of rotatable bonds is 3. The minimum Gasteiger partial charge on any atom is -0.481 e. The molecule has 0 aliphatic carbocycles. The molecule has 134 valence electrons. The van der Waals surface area contributed by atoms with Crippen LogP contribution in [0.2, 0.25) is 0 Å². The van der Waals surface area contributed by atoms with Crippen molar-refractivity contribution in [3.05, 3.63) is 6.07 Å². The summed E-state index contributed by atoms with van der Waals surface area (Å²) in [4.78, 5) is 25.1. The lowest BCUT2D eigenvalue weighted by atomic mass is 10.2. The van der Waals surface area contributed by atoms with Gasteiger partial charge in [0, 0.05) is 31.7 Å². The largest absolute Gasteiger partial charge is 0.481 e. The van der Waals surface area contributed by atoms with Gasteiger partial charge in [-0.05, 0) is 34.0 Å². The van der Waals surface area contributed by atoms with E-state index in [0.717, 1.165) is 5.82 Å². The highest BCUT2D eigenvalue weighted by Crippen LogP contribution is 2.24. The fraction of sp³-hybridized carbons (Fsp3) is 0.688. The van der Waals surface area contributed by atoms with Gasteiger partial charge in [0.2, 0.25) is 5.88 Å². The third kappa shape index (κ3) is 4.66. The summed E-state index contributed by atoms with van der Waals surface area (Å²) in [5, 5.41) is 0.673. The highest BCUT2D eigenvalue weighted by Gasteiger charge is 2.31. The van der Waals surface area contributed by atoms with E-state index in [0.29, 0.717) is 30.7 Å². The number of thioether (sulfide) groups is 1. The highest BCUT2D eigenvalue weighted by atomic mass is 32.2. The fourth-order valence-electron chi connectivity index (χ4n) is 2.51. The zero-order valence-corrected chi connectivity index (χ0v) is 16.0. The maximum atomic E-state index is 12.3. The number of aromatic nitrogens is 2. The topological polar surface area (TPSA) is 67.8 Å². The Hall–Kier alpha value is -1.70. The number of nitrogens with zero attached hydrogens (tertiary/aromatic N) is 4. The third-order valence-electron chi connectivity index (χ3n) is 3.64. The monoisotopic (exact) mass is 354 g/mol. The van der Waals surface area contributed by atoms with Gasteiger partial charge in [0.1, 0.15) is 11.4 Å². The van der Waals surface area contributed by atoms with Crippen molar-refractivity contribution in [3.63, 3.8) is 0 Å². The molecular weight excluding hydrogens is 328 g/mol. The zero-order chi connectivity index (χ0) is 17.9. The molecule has 0 spiro atoms. The normalized spacial score (nSPS) is 18.5. The van der Waals surface area contributed by atoms with Crippen LogP contribution in [0.4, 0.5) is 10.6 Å². The van der Waals surface area contributed by atoms with Crippen molar-refractivity contribution in [3.8, 4) is 5.88 Å².